The molecular formula is C13H13BrN2O4. The Labute approximate surface area is 124 Å². The largest absolute Gasteiger partial charge is 0.468 e. The first-order chi connectivity index (χ1) is 9.51. The molecule has 1 aliphatic rings. The Balaban J connectivity index is 2.04. The van der Waals surface area contributed by atoms with Gasteiger partial charge in [0.15, 0.2) is 0 Å². The number of hydrogen-bond acceptors (Lipinski definition) is 4. The molecule has 1 heterocycles. The smallest absolute Gasteiger partial charge is 0.328 e. The van der Waals surface area contributed by atoms with Gasteiger partial charge in [-0.15, -0.1) is 0 Å². The SMILES string of the molecule is COC(=O)CN1C(=O)CN(Cc2ccc(Br)cc2)C1=O. The number of esters is 1. The lowest BCUT2D eigenvalue weighted by atomic mass is 10.2. The fourth-order valence-electron chi connectivity index (χ4n) is 1.88. The van der Waals surface area contributed by atoms with E-state index in [1.807, 2.05) is 24.3 Å². The summed E-state index contributed by atoms with van der Waals surface area (Å²) >= 11 is 3.33. The van der Waals surface area contributed by atoms with E-state index in [2.05, 4.69) is 20.7 Å². The number of carbonyl (C=O) groups is 3. The van der Waals surface area contributed by atoms with Gasteiger partial charge in [-0.2, -0.15) is 0 Å². The summed E-state index contributed by atoms with van der Waals surface area (Å²) in [4.78, 5) is 37.3. The van der Waals surface area contributed by atoms with Crippen molar-refractivity contribution in [1.82, 2.24) is 9.80 Å². The number of ether oxygens (including phenoxy) is 1. The van der Waals surface area contributed by atoms with Crippen molar-refractivity contribution in [2.75, 3.05) is 20.2 Å². The van der Waals surface area contributed by atoms with Gasteiger partial charge in [0.05, 0.1) is 7.11 Å². The summed E-state index contributed by atoms with van der Waals surface area (Å²) in [5.41, 5.74) is 0.911. The van der Waals surface area contributed by atoms with Crippen LogP contribution in [0.3, 0.4) is 0 Å². The van der Waals surface area contributed by atoms with Gasteiger partial charge >= 0.3 is 12.0 Å². The van der Waals surface area contributed by atoms with Gasteiger partial charge in [0.25, 0.3) is 5.91 Å². The van der Waals surface area contributed by atoms with Crippen molar-refractivity contribution in [3.63, 3.8) is 0 Å². The lowest BCUT2D eigenvalue weighted by Crippen LogP contribution is -2.37. The fourth-order valence-corrected chi connectivity index (χ4v) is 2.14. The molecule has 0 radical (unpaired) electrons. The number of urea groups is 1. The highest BCUT2D eigenvalue weighted by Crippen LogP contribution is 2.16. The van der Waals surface area contributed by atoms with Crippen molar-refractivity contribution >= 4 is 33.8 Å². The van der Waals surface area contributed by atoms with E-state index in [1.165, 1.54) is 12.0 Å². The summed E-state index contributed by atoms with van der Waals surface area (Å²) in [7, 11) is 1.22. The molecule has 1 aromatic carbocycles. The molecular weight excluding hydrogens is 328 g/mol. The van der Waals surface area contributed by atoms with Crippen LogP contribution in [0.25, 0.3) is 0 Å². The first kappa shape index (κ1) is 14.5. The zero-order valence-electron chi connectivity index (χ0n) is 10.8. The fraction of sp³-hybridized carbons (Fsp3) is 0.308. The summed E-state index contributed by atoms with van der Waals surface area (Å²) < 4.78 is 5.41. The molecule has 0 N–H and O–H groups in total. The molecule has 20 heavy (non-hydrogen) atoms. The Morgan fingerprint density at radius 2 is 1.95 bits per heavy atom. The number of imide groups is 1. The third-order valence-electron chi connectivity index (χ3n) is 2.93. The van der Waals surface area contributed by atoms with Crippen LogP contribution >= 0.6 is 15.9 Å². The van der Waals surface area contributed by atoms with Crippen molar-refractivity contribution in [2.45, 2.75) is 6.54 Å². The number of amides is 3. The number of rotatable bonds is 4. The normalized spacial score (nSPS) is 14.9. The topological polar surface area (TPSA) is 66.9 Å². The van der Waals surface area contributed by atoms with Gasteiger partial charge in [0.1, 0.15) is 13.1 Å². The maximum atomic E-state index is 12.1. The highest BCUT2D eigenvalue weighted by atomic mass is 79.9. The molecule has 0 bridgehead atoms. The Bertz CT molecular complexity index is 544. The number of halogens is 1. The molecule has 7 heteroatoms. The maximum absolute atomic E-state index is 12.1. The minimum absolute atomic E-state index is 0.0219. The molecule has 6 nitrogen and oxygen atoms in total. The third kappa shape index (κ3) is 3.16. The Morgan fingerprint density at radius 1 is 1.30 bits per heavy atom. The first-order valence-electron chi connectivity index (χ1n) is 5.92. The van der Waals surface area contributed by atoms with E-state index in [1.54, 1.807) is 0 Å². The van der Waals surface area contributed by atoms with Crippen LogP contribution in [0.4, 0.5) is 4.79 Å². The molecule has 0 aliphatic carbocycles. The molecule has 1 saturated heterocycles. The van der Waals surface area contributed by atoms with Crippen molar-refractivity contribution in [2.24, 2.45) is 0 Å². The lowest BCUT2D eigenvalue weighted by molar-refractivity contribution is -0.144. The van der Waals surface area contributed by atoms with E-state index in [0.29, 0.717) is 6.54 Å². The summed E-state index contributed by atoms with van der Waals surface area (Å²) in [5.74, 6) is -1.00. The number of methoxy groups -OCH3 is 1. The molecule has 2 rings (SSSR count). The molecule has 1 fully saturated rings. The van der Waals surface area contributed by atoms with E-state index < -0.39 is 17.9 Å². The zero-order valence-corrected chi connectivity index (χ0v) is 12.4. The molecule has 106 valence electrons. The predicted molar refractivity (Wildman–Crippen MR) is 73.7 cm³/mol. The van der Waals surface area contributed by atoms with Gasteiger partial charge in [-0.1, -0.05) is 28.1 Å². The summed E-state index contributed by atoms with van der Waals surface area (Å²) in [6.45, 7) is -0.0353. The van der Waals surface area contributed by atoms with Gasteiger partial charge < -0.3 is 9.64 Å². The van der Waals surface area contributed by atoms with Crippen molar-refractivity contribution < 1.29 is 19.1 Å². The summed E-state index contributed by atoms with van der Waals surface area (Å²) in [5, 5.41) is 0. The Morgan fingerprint density at radius 3 is 2.55 bits per heavy atom. The molecule has 3 amide bonds. The lowest BCUT2D eigenvalue weighted by Gasteiger charge is -2.16. The second kappa shape index (κ2) is 6.04. The van der Waals surface area contributed by atoms with Crippen LogP contribution in [-0.4, -0.2) is 47.9 Å². The summed E-state index contributed by atoms with van der Waals surface area (Å²) in [6, 6.07) is 6.99. The van der Waals surface area contributed by atoms with E-state index in [4.69, 9.17) is 0 Å². The molecule has 0 spiro atoms. The highest BCUT2D eigenvalue weighted by Gasteiger charge is 2.37. The Hall–Kier alpha value is -1.89. The molecule has 0 unspecified atom stereocenters. The molecule has 1 aromatic rings. The number of carbonyl (C=O) groups excluding carboxylic acids is 3. The quantitative estimate of drug-likeness (QED) is 0.613. The van der Waals surface area contributed by atoms with Crippen LogP contribution in [0.2, 0.25) is 0 Å². The van der Waals surface area contributed by atoms with E-state index in [0.717, 1.165) is 14.9 Å². The minimum atomic E-state index is -0.614. The zero-order chi connectivity index (χ0) is 14.7. The number of nitrogens with zero attached hydrogens (tertiary/aromatic N) is 2. The van der Waals surface area contributed by atoms with Gasteiger partial charge in [-0.3, -0.25) is 14.5 Å². The highest BCUT2D eigenvalue weighted by molar-refractivity contribution is 9.10. The number of hydrogen-bond donors (Lipinski definition) is 0. The standard InChI is InChI=1S/C13H13BrN2O4/c1-20-12(18)8-16-11(17)7-15(13(16)19)6-9-2-4-10(14)5-3-9/h2-5H,6-8H2,1H3. The van der Waals surface area contributed by atoms with Crippen LogP contribution in [0, 0.1) is 0 Å². The maximum Gasteiger partial charge on any atom is 0.328 e. The molecule has 0 aromatic heterocycles. The van der Waals surface area contributed by atoms with Gasteiger partial charge in [0, 0.05) is 11.0 Å². The second-order valence-corrected chi connectivity index (χ2v) is 5.24. The minimum Gasteiger partial charge on any atom is -0.468 e. The predicted octanol–water partition coefficient (Wildman–Crippen LogP) is 1.39. The van der Waals surface area contributed by atoms with Crippen LogP contribution < -0.4 is 0 Å². The van der Waals surface area contributed by atoms with Crippen LogP contribution in [0.1, 0.15) is 5.56 Å². The Kier molecular flexibility index (Phi) is 4.39. The van der Waals surface area contributed by atoms with Crippen molar-refractivity contribution in [1.29, 1.82) is 0 Å². The average Bonchev–Trinajstić information content (AvgIpc) is 2.69. The number of benzene rings is 1. The van der Waals surface area contributed by atoms with Gasteiger partial charge in [0.2, 0.25) is 0 Å². The second-order valence-electron chi connectivity index (χ2n) is 4.32. The van der Waals surface area contributed by atoms with E-state index in [9.17, 15) is 14.4 Å². The monoisotopic (exact) mass is 340 g/mol. The van der Waals surface area contributed by atoms with Gasteiger partial charge in [-0.25, -0.2) is 4.79 Å². The molecule has 0 saturated carbocycles. The van der Waals surface area contributed by atoms with Gasteiger partial charge in [-0.05, 0) is 17.7 Å². The van der Waals surface area contributed by atoms with E-state index >= 15 is 0 Å². The van der Waals surface area contributed by atoms with Crippen LogP contribution in [0.15, 0.2) is 28.7 Å². The molecule has 1 aliphatic heterocycles. The van der Waals surface area contributed by atoms with E-state index in [-0.39, 0.29) is 13.1 Å². The average molecular weight is 341 g/mol. The third-order valence-corrected chi connectivity index (χ3v) is 3.46. The van der Waals surface area contributed by atoms with Crippen molar-refractivity contribution in [3.8, 4) is 0 Å². The van der Waals surface area contributed by atoms with Crippen molar-refractivity contribution in [3.05, 3.63) is 34.3 Å². The molecule has 0 atom stereocenters. The van der Waals surface area contributed by atoms with Crippen LogP contribution in [0.5, 0.6) is 0 Å². The van der Waals surface area contributed by atoms with Crippen LogP contribution in [-0.2, 0) is 20.9 Å². The first-order valence-corrected chi connectivity index (χ1v) is 6.71. The summed E-state index contributed by atoms with van der Waals surface area (Å²) in [6.07, 6.45) is 0.